The smallest absolute Gasteiger partial charge is 0.249 e. The van der Waals surface area contributed by atoms with Gasteiger partial charge < -0.3 is 5.32 Å². The average molecular weight is 308 g/mol. The lowest BCUT2D eigenvalue weighted by Crippen LogP contribution is -2.14. The van der Waals surface area contributed by atoms with Gasteiger partial charge in [0.05, 0.1) is 0 Å². The maximum absolute atomic E-state index is 11.8. The lowest BCUT2D eigenvalue weighted by Gasteiger charge is -2.07. The van der Waals surface area contributed by atoms with Crippen molar-refractivity contribution in [3.8, 4) is 0 Å². The molecule has 0 aromatic carbocycles. The van der Waals surface area contributed by atoms with Crippen molar-refractivity contribution >= 4 is 23.3 Å². The second-order valence-electron chi connectivity index (χ2n) is 5.59. The van der Waals surface area contributed by atoms with Crippen LogP contribution in [0.5, 0.6) is 0 Å². The molecule has 3 heterocycles. The topological polar surface area (TPSA) is 84.2 Å². The number of hydrogen-bond acceptors (Lipinski definition) is 5. The molecular formula is C16H16N6O. The highest BCUT2D eigenvalue weighted by Gasteiger charge is 2.30. The molecule has 23 heavy (non-hydrogen) atoms. The Morgan fingerprint density at radius 2 is 2.17 bits per heavy atom. The summed E-state index contributed by atoms with van der Waals surface area (Å²) in [6, 6.07) is 9.59. The monoisotopic (exact) mass is 308 g/mol. The van der Waals surface area contributed by atoms with Gasteiger partial charge in [0.2, 0.25) is 11.9 Å². The van der Waals surface area contributed by atoms with Gasteiger partial charge in [-0.05, 0) is 36.6 Å². The third-order valence-electron chi connectivity index (χ3n) is 3.74. The Morgan fingerprint density at radius 1 is 1.26 bits per heavy atom. The van der Waals surface area contributed by atoms with Crippen LogP contribution in [0.4, 0.5) is 11.8 Å². The second-order valence-corrected chi connectivity index (χ2v) is 5.59. The molecule has 1 fully saturated rings. The molecule has 116 valence electrons. The van der Waals surface area contributed by atoms with E-state index in [9.17, 15) is 4.79 Å². The molecule has 1 saturated carbocycles. The molecule has 2 N–H and O–H groups in total. The van der Waals surface area contributed by atoms with E-state index in [0.29, 0.717) is 18.1 Å². The zero-order valence-electron chi connectivity index (χ0n) is 12.4. The maximum atomic E-state index is 11.8. The van der Waals surface area contributed by atoms with E-state index in [1.165, 1.54) is 0 Å². The van der Waals surface area contributed by atoms with Crippen LogP contribution < -0.4 is 10.6 Å². The third kappa shape index (κ3) is 2.98. The summed E-state index contributed by atoms with van der Waals surface area (Å²) in [5.74, 6) is 1.29. The summed E-state index contributed by atoms with van der Waals surface area (Å²) in [4.78, 5) is 20.3. The molecule has 1 aliphatic rings. The van der Waals surface area contributed by atoms with Crippen molar-refractivity contribution in [3.63, 3.8) is 0 Å². The largest absolute Gasteiger partial charge is 0.366 e. The summed E-state index contributed by atoms with van der Waals surface area (Å²) in [7, 11) is 0. The fourth-order valence-electron chi connectivity index (χ4n) is 2.35. The zero-order chi connectivity index (χ0) is 15.6. The summed E-state index contributed by atoms with van der Waals surface area (Å²) in [6.07, 6.45) is 5.47. The lowest BCUT2D eigenvalue weighted by molar-refractivity contribution is -0.117. The minimum atomic E-state index is 0.00535. The van der Waals surface area contributed by atoms with Gasteiger partial charge >= 0.3 is 0 Å². The van der Waals surface area contributed by atoms with Gasteiger partial charge in [0, 0.05) is 24.9 Å². The maximum Gasteiger partial charge on any atom is 0.249 e. The van der Waals surface area contributed by atoms with Gasteiger partial charge in [0.1, 0.15) is 5.82 Å². The lowest BCUT2D eigenvalue weighted by atomic mass is 10.3. The highest BCUT2D eigenvalue weighted by Crippen LogP contribution is 2.29. The number of nitrogens with one attached hydrogen (secondary N) is 2. The van der Waals surface area contributed by atoms with Crippen molar-refractivity contribution in [1.82, 2.24) is 19.6 Å². The molecule has 0 atom stereocenters. The van der Waals surface area contributed by atoms with E-state index in [2.05, 4.69) is 25.7 Å². The van der Waals surface area contributed by atoms with Crippen molar-refractivity contribution in [2.75, 3.05) is 10.6 Å². The Morgan fingerprint density at radius 3 is 2.96 bits per heavy atom. The van der Waals surface area contributed by atoms with E-state index in [1.54, 1.807) is 10.7 Å². The van der Waals surface area contributed by atoms with Crippen LogP contribution in [-0.4, -0.2) is 25.5 Å². The molecule has 0 spiro atoms. The van der Waals surface area contributed by atoms with Crippen LogP contribution in [0.15, 0.2) is 42.7 Å². The predicted octanol–water partition coefficient (Wildman–Crippen LogP) is 2.08. The molecule has 0 bridgehead atoms. The molecular weight excluding hydrogens is 292 g/mol. The molecule has 0 aliphatic heterocycles. The van der Waals surface area contributed by atoms with Gasteiger partial charge in [-0.15, -0.1) is 5.10 Å². The van der Waals surface area contributed by atoms with Crippen molar-refractivity contribution in [1.29, 1.82) is 0 Å². The van der Waals surface area contributed by atoms with Gasteiger partial charge in [-0.2, -0.15) is 9.50 Å². The third-order valence-corrected chi connectivity index (χ3v) is 3.74. The number of carbonyl (C=O) groups excluding carboxylic acids is 1. The number of carbonyl (C=O) groups is 1. The number of amides is 1. The van der Waals surface area contributed by atoms with Crippen LogP contribution in [0.25, 0.3) is 5.65 Å². The summed E-state index contributed by atoms with van der Waals surface area (Å²) in [6.45, 7) is 0.635. The molecule has 1 amide bonds. The average Bonchev–Trinajstić information content (AvgIpc) is 3.34. The highest BCUT2D eigenvalue weighted by atomic mass is 16.2. The van der Waals surface area contributed by atoms with Crippen LogP contribution in [0.2, 0.25) is 0 Å². The standard InChI is InChI=1S/C16H16N6O/c23-15(12-6-7-12)20-16-19-14-5-1-4-13(22(14)21-16)18-10-11-3-2-8-17-9-11/h1-5,8-9,12,18H,6-7,10H2,(H,20,21,23). The minimum Gasteiger partial charge on any atom is -0.366 e. The number of nitrogens with zero attached hydrogens (tertiary/aromatic N) is 4. The Bertz CT molecular complexity index is 840. The van der Waals surface area contributed by atoms with E-state index >= 15 is 0 Å². The molecule has 0 unspecified atom stereocenters. The number of rotatable bonds is 5. The van der Waals surface area contributed by atoms with E-state index in [4.69, 9.17) is 0 Å². The molecule has 3 aromatic heterocycles. The quantitative estimate of drug-likeness (QED) is 0.754. The Labute approximate surface area is 132 Å². The number of anilines is 2. The zero-order valence-corrected chi connectivity index (χ0v) is 12.4. The van der Waals surface area contributed by atoms with E-state index in [0.717, 1.165) is 24.2 Å². The van der Waals surface area contributed by atoms with Crippen molar-refractivity contribution < 1.29 is 4.79 Å². The highest BCUT2D eigenvalue weighted by molar-refractivity contribution is 5.92. The number of fused-ring (bicyclic) bond motifs is 1. The first-order valence-corrected chi connectivity index (χ1v) is 7.59. The minimum absolute atomic E-state index is 0.00535. The Hall–Kier alpha value is -2.96. The molecule has 0 radical (unpaired) electrons. The van der Waals surface area contributed by atoms with Gasteiger partial charge in [0.25, 0.3) is 0 Å². The molecule has 3 aromatic rings. The molecule has 4 rings (SSSR count). The predicted molar refractivity (Wildman–Crippen MR) is 85.9 cm³/mol. The van der Waals surface area contributed by atoms with Gasteiger partial charge in [-0.1, -0.05) is 12.1 Å². The summed E-state index contributed by atoms with van der Waals surface area (Å²) in [5, 5.41) is 10.5. The van der Waals surface area contributed by atoms with Crippen LogP contribution in [-0.2, 0) is 11.3 Å². The molecule has 0 saturated heterocycles. The van der Waals surface area contributed by atoms with E-state index in [1.807, 2.05) is 36.5 Å². The van der Waals surface area contributed by atoms with Crippen molar-refractivity contribution in [2.45, 2.75) is 19.4 Å². The van der Waals surface area contributed by atoms with E-state index < -0.39 is 0 Å². The van der Waals surface area contributed by atoms with Crippen LogP contribution >= 0.6 is 0 Å². The first kappa shape index (κ1) is 13.7. The van der Waals surface area contributed by atoms with Crippen LogP contribution in [0.3, 0.4) is 0 Å². The van der Waals surface area contributed by atoms with Gasteiger partial charge in [-0.3, -0.25) is 15.1 Å². The van der Waals surface area contributed by atoms with Gasteiger partial charge in [-0.25, -0.2) is 0 Å². The molecule has 7 heteroatoms. The summed E-state index contributed by atoms with van der Waals surface area (Å²) < 4.78 is 1.69. The van der Waals surface area contributed by atoms with E-state index in [-0.39, 0.29) is 11.8 Å². The number of aromatic nitrogens is 4. The van der Waals surface area contributed by atoms with Crippen LogP contribution in [0, 0.1) is 5.92 Å². The fourth-order valence-corrected chi connectivity index (χ4v) is 2.35. The first-order valence-electron chi connectivity index (χ1n) is 7.59. The van der Waals surface area contributed by atoms with Crippen molar-refractivity contribution in [3.05, 3.63) is 48.3 Å². The SMILES string of the molecule is O=C(Nc1nc2cccc(NCc3cccnc3)n2n1)C1CC1. The second kappa shape index (κ2) is 5.68. The van der Waals surface area contributed by atoms with Crippen molar-refractivity contribution in [2.24, 2.45) is 5.92 Å². The Kier molecular flexibility index (Phi) is 3.38. The number of pyridine rings is 2. The molecule has 1 aliphatic carbocycles. The normalized spacial score (nSPS) is 13.9. The molecule has 7 nitrogen and oxygen atoms in total. The van der Waals surface area contributed by atoms with Gasteiger partial charge in [0.15, 0.2) is 5.65 Å². The van der Waals surface area contributed by atoms with Crippen LogP contribution in [0.1, 0.15) is 18.4 Å². The fraction of sp³-hybridized carbons (Fsp3) is 0.250. The first-order chi connectivity index (χ1) is 11.3. The Balaban J connectivity index is 1.54. The summed E-state index contributed by atoms with van der Waals surface area (Å²) in [5.41, 5.74) is 1.76. The number of hydrogen-bond donors (Lipinski definition) is 2. The summed E-state index contributed by atoms with van der Waals surface area (Å²) >= 11 is 0.